The highest BCUT2D eigenvalue weighted by atomic mass is 35.5. The first-order valence-corrected chi connectivity index (χ1v) is 8.55. The first-order chi connectivity index (χ1) is 11.6. The molecule has 0 unspecified atom stereocenters. The van der Waals surface area contributed by atoms with Crippen molar-refractivity contribution in [3.63, 3.8) is 0 Å². The van der Waals surface area contributed by atoms with Gasteiger partial charge in [0.05, 0.1) is 0 Å². The SMILES string of the molecule is Cl.Cl.FC1(F)Oc2cccc([C@H](C3CCOCC3)N3CCNCC3)c2O1. The number of piperazine rings is 1. The van der Waals surface area contributed by atoms with E-state index in [0.29, 0.717) is 5.92 Å². The molecule has 3 heterocycles. The molecule has 1 aromatic carbocycles. The number of rotatable bonds is 3. The van der Waals surface area contributed by atoms with Crippen molar-refractivity contribution >= 4 is 24.8 Å². The minimum Gasteiger partial charge on any atom is -0.395 e. The average molecular weight is 413 g/mol. The van der Waals surface area contributed by atoms with Crippen LogP contribution in [0.5, 0.6) is 11.5 Å². The molecule has 0 radical (unpaired) electrons. The topological polar surface area (TPSA) is 43.0 Å². The van der Waals surface area contributed by atoms with Gasteiger partial charge in [0.1, 0.15) is 0 Å². The van der Waals surface area contributed by atoms with E-state index in [4.69, 9.17) is 9.47 Å². The van der Waals surface area contributed by atoms with Crippen molar-refractivity contribution in [1.29, 1.82) is 0 Å². The van der Waals surface area contributed by atoms with Gasteiger partial charge in [-0.2, -0.15) is 0 Å². The number of benzene rings is 1. The van der Waals surface area contributed by atoms with Crippen molar-refractivity contribution in [2.45, 2.75) is 25.2 Å². The fourth-order valence-corrected chi connectivity index (χ4v) is 3.96. The third-order valence-corrected chi connectivity index (χ3v) is 5.04. The summed E-state index contributed by atoms with van der Waals surface area (Å²) in [6.45, 7) is 5.03. The van der Waals surface area contributed by atoms with E-state index in [1.807, 2.05) is 6.07 Å². The fraction of sp³-hybridized carbons (Fsp3) is 0.647. The van der Waals surface area contributed by atoms with Crippen LogP contribution in [0.15, 0.2) is 18.2 Å². The molecule has 0 bridgehead atoms. The molecule has 0 aliphatic carbocycles. The smallest absolute Gasteiger partial charge is 0.395 e. The molecular formula is C17H24Cl2F2N2O3. The summed E-state index contributed by atoms with van der Waals surface area (Å²) in [6.07, 6.45) is -1.73. The predicted molar refractivity (Wildman–Crippen MR) is 97.9 cm³/mol. The number of hydrogen-bond acceptors (Lipinski definition) is 5. The van der Waals surface area contributed by atoms with Gasteiger partial charge in [0.25, 0.3) is 0 Å². The zero-order chi connectivity index (χ0) is 16.6. The zero-order valence-electron chi connectivity index (χ0n) is 14.3. The van der Waals surface area contributed by atoms with Crippen LogP contribution in [-0.4, -0.2) is 50.6 Å². The molecule has 0 amide bonds. The number of nitrogens with zero attached hydrogens (tertiary/aromatic N) is 1. The maximum atomic E-state index is 13.6. The lowest BCUT2D eigenvalue weighted by atomic mass is 9.85. The highest BCUT2D eigenvalue weighted by molar-refractivity contribution is 5.85. The average Bonchev–Trinajstić information content (AvgIpc) is 2.92. The van der Waals surface area contributed by atoms with Crippen LogP contribution in [0.25, 0.3) is 0 Å². The Balaban J connectivity index is 0.00000121. The Morgan fingerprint density at radius 2 is 1.77 bits per heavy atom. The minimum atomic E-state index is -3.58. The van der Waals surface area contributed by atoms with E-state index >= 15 is 0 Å². The van der Waals surface area contributed by atoms with E-state index in [1.54, 1.807) is 12.1 Å². The van der Waals surface area contributed by atoms with Crippen molar-refractivity contribution in [1.82, 2.24) is 10.2 Å². The molecule has 4 rings (SSSR count). The maximum absolute atomic E-state index is 13.6. The second-order valence-electron chi connectivity index (χ2n) is 6.52. The van der Waals surface area contributed by atoms with Crippen molar-refractivity contribution in [3.8, 4) is 11.5 Å². The second kappa shape index (κ2) is 8.89. The van der Waals surface area contributed by atoms with Crippen LogP contribution in [0.3, 0.4) is 0 Å². The zero-order valence-corrected chi connectivity index (χ0v) is 15.9. The monoisotopic (exact) mass is 412 g/mol. The van der Waals surface area contributed by atoms with E-state index in [2.05, 4.69) is 15.0 Å². The van der Waals surface area contributed by atoms with Gasteiger partial charge in [-0.25, -0.2) is 0 Å². The van der Waals surface area contributed by atoms with Crippen molar-refractivity contribution < 1.29 is 23.0 Å². The Kier molecular flexibility index (Phi) is 7.33. The molecule has 3 aliphatic rings. The molecule has 5 nitrogen and oxygen atoms in total. The summed E-state index contributed by atoms with van der Waals surface area (Å²) in [6, 6.07) is 5.25. The van der Waals surface area contributed by atoms with Crippen LogP contribution in [-0.2, 0) is 4.74 Å². The first kappa shape index (κ1) is 21.4. The van der Waals surface area contributed by atoms with Crippen molar-refractivity contribution in [2.75, 3.05) is 39.4 Å². The third-order valence-electron chi connectivity index (χ3n) is 5.04. The summed E-state index contributed by atoms with van der Waals surface area (Å²) in [5.74, 6) is 0.684. The van der Waals surface area contributed by atoms with Gasteiger partial charge in [0.2, 0.25) is 0 Å². The highest BCUT2D eigenvalue weighted by Crippen LogP contribution is 2.48. The fourth-order valence-electron chi connectivity index (χ4n) is 3.96. The number of nitrogens with one attached hydrogen (secondary N) is 1. The lowest BCUT2D eigenvalue weighted by Crippen LogP contribution is -2.47. The minimum absolute atomic E-state index is 0. The Hall–Kier alpha value is -0.860. The largest absolute Gasteiger partial charge is 0.586 e. The van der Waals surface area contributed by atoms with Crippen molar-refractivity contribution in [2.24, 2.45) is 5.92 Å². The van der Waals surface area contributed by atoms with Crippen LogP contribution in [0, 0.1) is 5.92 Å². The number of alkyl halides is 2. The number of halogens is 4. The molecule has 0 saturated carbocycles. The number of hydrogen-bond donors (Lipinski definition) is 1. The summed E-state index contributed by atoms with van der Waals surface area (Å²) in [5.41, 5.74) is 0.804. The Morgan fingerprint density at radius 3 is 2.46 bits per heavy atom. The third kappa shape index (κ3) is 4.34. The van der Waals surface area contributed by atoms with Crippen LogP contribution in [0.2, 0.25) is 0 Å². The van der Waals surface area contributed by atoms with Gasteiger partial charge in [-0.1, -0.05) is 12.1 Å². The first-order valence-electron chi connectivity index (χ1n) is 8.55. The van der Waals surface area contributed by atoms with Gasteiger partial charge in [-0.15, -0.1) is 33.6 Å². The molecule has 0 aromatic heterocycles. The summed E-state index contributed by atoms with van der Waals surface area (Å²) in [4.78, 5) is 2.38. The highest BCUT2D eigenvalue weighted by Gasteiger charge is 2.46. The molecule has 2 saturated heterocycles. The van der Waals surface area contributed by atoms with Crippen LogP contribution in [0.1, 0.15) is 24.4 Å². The van der Waals surface area contributed by atoms with Gasteiger partial charge in [0, 0.05) is 51.0 Å². The Morgan fingerprint density at radius 1 is 1.08 bits per heavy atom. The van der Waals surface area contributed by atoms with Gasteiger partial charge >= 0.3 is 6.29 Å². The molecule has 2 fully saturated rings. The molecule has 3 aliphatic heterocycles. The summed E-state index contributed by atoms with van der Waals surface area (Å²) >= 11 is 0. The van der Waals surface area contributed by atoms with Crippen LogP contribution < -0.4 is 14.8 Å². The lowest BCUT2D eigenvalue weighted by Gasteiger charge is -2.41. The van der Waals surface area contributed by atoms with Gasteiger partial charge in [0.15, 0.2) is 11.5 Å². The summed E-state index contributed by atoms with van der Waals surface area (Å²) < 4.78 is 42.2. The van der Waals surface area contributed by atoms with Gasteiger partial charge < -0.3 is 19.5 Å². The lowest BCUT2D eigenvalue weighted by molar-refractivity contribution is -0.287. The quantitative estimate of drug-likeness (QED) is 0.825. The number of ether oxygens (including phenoxy) is 3. The van der Waals surface area contributed by atoms with Gasteiger partial charge in [-0.3, -0.25) is 4.90 Å². The molecular weight excluding hydrogens is 389 g/mol. The van der Waals surface area contributed by atoms with E-state index in [1.165, 1.54) is 0 Å². The molecule has 148 valence electrons. The maximum Gasteiger partial charge on any atom is 0.586 e. The summed E-state index contributed by atoms with van der Waals surface area (Å²) in [7, 11) is 0. The molecule has 1 atom stereocenters. The molecule has 26 heavy (non-hydrogen) atoms. The van der Waals surface area contributed by atoms with Crippen LogP contribution in [0.4, 0.5) is 8.78 Å². The molecule has 0 spiro atoms. The van der Waals surface area contributed by atoms with E-state index in [-0.39, 0.29) is 42.4 Å². The standard InChI is InChI=1S/C17H22F2N2O3.2ClH/c18-17(19)23-14-3-1-2-13(16(14)24-17)15(12-4-10-22-11-5-12)21-8-6-20-7-9-21;;/h1-3,12,15,20H,4-11H2;2*1H/t15-;;/m0../s1. The molecule has 1 N–H and O–H groups in total. The Labute approximate surface area is 164 Å². The molecule has 1 aromatic rings. The molecule has 9 heteroatoms. The number of para-hydroxylation sites is 1. The van der Waals surface area contributed by atoms with Crippen LogP contribution >= 0.6 is 24.8 Å². The van der Waals surface area contributed by atoms with E-state index < -0.39 is 6.29 Å². The second-order valence-corrected chi connectivity index (χ2v) is 6.52. The summed E-state index contributed by atoms with van der Waals surface area (Å²) in [5, 5.41) is 3.35. The predicted octanol–water partition coefficient (Wildman–Crippen LogP) is 3.22. The van der Waals surface area contributed by atoms with Gasteiger partial charge in [-0.05, 0) is 24.8 Å². The van der Waals surface area contributed by atoms with E-state index in [0.717, 1.165) is 57.8 Å². The van der Waals surface area contributed by atoms with Crippen molar-refractivity contribution in [3.05, 3.63) is 23.8 Å². The normalized spacial score (nSPS) is 23.6. The Bertz CT molecular complexity index is 579. The van der Waals surface area contributed by atoms with E-state index in [9.17, 15) is 8.78 Å². The number of fused-ring (bicyclic) bond motifs is 1.